The van der Waals surface area contributed by atoms with Gasteiger partial charge in [0.2, 0.25) is 0 Å². The average molecular weight is 465 g/mol. The molecular formula is C23H27F3N4OS. The molecule has 2 heterocycles. The van der Waals surface area contributed by atoms with Gasteiger partial charge in [0.1, 0.15) is 0 Å². The molecule has 172 valence electrons. The quantitative estimate of drug-likeness (QED) is 0.506. The Bertz CT molecular complexity index is 1090. The molecular weight excluding hydrogens is 437 g/mol. The molecule has 0 aliphatic rings. The number of aromatic nitrogens is 2. The molecule has 0 fully saturated rings. The molecule has 0 saturated heterocycles. The summed E-state index contributed by atoms with van der Waals surface area (Å²) >= 11 is 1.35. The molecule has 3 rings (SSSR count). The van der Waals surface area contributed by atoms with Crippen molar-refractivity contribution in [3.05, 3.63) is 63.0 Å². The number of benzene rings is 1. The van der Waals surface area contributed by atoms with Crippen LogP contribution in [0.1, 0.15) is 44.6 Å². The minimum absolute atomic E-state index is 0.00246. The van der Waals surface area contributed by atoms with Crippen LogP contribution in [0, 0.1) is 6.92 Å². The molecule has 9 heteroatoms. The fourth-order valence-electron chi connectivity index (χ4n) is 3.80. The van der Waals surface area contributed by atoms with Gasteiger partial charge in [-0.25, -0.2) is 0 Å². The Hall–Kier alpha value is -2.65. The summed E-state index contributed by atoms with van der Waals surface area (Å²) in [5.74, 6) is -0.344. The van der Waals surface area contributed by atoms with E-state index in [4.69, 9.17) is 5.73 Å². The third-order valence-corrected chi connectivity index (χ3v) is 6.39. The van der Waals surface area contributed by atoms with Crippen molar-refractivity contribution in [3.63, 3.8) is 0 Å². The summed E-state index contributed by atoms with van der Waals surface area (Å²) in [5, 5.41) is 7.16. The van der Waals surface area contributed by atoms with E-state index in [1.165, 1.54) is 23.5 Å². The maximum Gasteiger partial charge on any atom is 0.416 e. The number of amides is 1. The van der Waals surface area contributed by atoms with E-state index in [0.29, 0.717) is 4.88 Å². The van der Waals surface area contributed by atoms with Crippen LogP contribution in [0.4, 0.5) is 13.2 Å². The summed E-state index contributed by atoms with van der Waals surface area (Å²) in [5.41, 5.74) is 8.23. The van der Waals surface area contributed by atoms with Gasteiger partial charge in [-0.2, -0.15) is 18.3 Å². The number of halogens is 3. The Morgan fingerprint density at radius 1 is 1.28 bits per heavy atom. The van der Waals surface area contributed by atoms with Gasteiger partial charge in [0.15, 0.2) is 0 Å². The third kappa shape index (κ3) is 5.21. The van der Waals surface area contributed by atoms with E-state index in [2.05, 4.69) is 17.3 Å². The molecule has 1 amide bonds. The molecule has 5 nitrogen and oxygen atoms in total. The number of rotatable bonds is 8. The van der Waals surface area contributed by atoms with Gasteiger partial charge < -0.3 is 11.1 Å². The van der Waals surface area contributed by atoms with Gasteiger partial charge in [0.25, 0.3) is 5.91 Å². The van der Waals surface area contributed by atoms with Crippen LogP contribution in [-0.4, -0.2) is 28.3 Å². The van der Waals surface area contributed by atoms with Gasteiger partial charge in [-0.15, -0.1) is 11.3 Å². The van der Waals surface area contributed by atoms with Gasteiger partial charge in [0.05, 0.1) is 22.3 Å². The van der Waals surface area contributed by atoms with Crippen LogP contribution in [0.3, 0.4) is 0 Å². The highest BCUT2D eigenvalue weighted by molar-refractivity contribution is 7.14. The maximum atomic E-state index is 13.3. The summed E-state index contributed by atoms with van der Waals surface area (Å²) in [6.45, 7) is 4.07. The highest BCUT2D eigenvalue weighted by Crippen LogP contribution is 2.34. The Labute approximate surface area is 189 Å². The highest BCUT2D eigenvalue weighted by atomic mass is 32.1. The van der Waals surface area contributed by atoms with E-state index in [9.17, 15) is 18.0 Å². The number of thiophene rings is 1. The first-order valence-electron chi connectivity index (χ1n) is 10.4. The number of carbonyl (C=O) groups is 1. The molecule has 0 saturated carbocycles. The zero-order chi connectivity index (χ0) is 23.5. The zero-order valence-corrected chi connectivity index (χ0v) is 19.1. The van der Waals surface area contributed by atoms with Crippen molar-refractivity contribution >= 4 is 17.2 Å². The third-order valence-electron chi connectivity index (χ3n) is 5.34. The molecule has 2 aromatic heterocycles. The molecule has 0 radical (unpaired) electrons. The summed E-state index contributed by atoms with van der Waals surface area (Å²) in [7, 11) is 1.87. The van der Waals surface area contributed by atoms with E-state index in [0.717, 1.165) is 40.6 Å². The summed E-state index contributed by atoms with van der Waals surface area (Å²) < 4.78 is 41.7. The Morgan fingerprint density at radius 3 is 2.66 bits per heavy atom. The highest BCUT2D eigenvalue weighted by Gasteiger charge is 2.33. The van der Waals surface area contributed by atoms with Crippen LogP contribution in [0.5, 0.6) is 0 Å². The zero-order valence-electron chi connectivity index (χ0n) is 18.3. The molecule has 0 aliphatic heterocycles. The van der Waals surface area contributed by atoms with Crippen LogP contribution in [0.25, 0.3) is 11.3 Å². The molecule has 0 spiro atoms. The van der Waals surface area contributed by atoms with E-state index < -0.39 is 17.8 Å². The lowest BCUT2D eigenvalue weighted by Gasteiger charge is -2.19. The van der Waals surface area contributed by atoms with E-state index in [1.807, 2.05) is 26.2 Å². The maximum absolute atomic E-state index is 13.3. The van der Waals surface area contributed by atoms with Gasteiger partial charge in [-0.05, 0) is 43.0 Å². The average Bonchev–Trinajstić information content (AvgIpc) is 3.29. The Kier molecular flexibility index (Phi) is 7.40. The minimum Gasteiger partial charge on any atom is -0.347 e. The second kappa shape index (κ2) is 9.87. The standard InChI is InChI=1S/C23H27F3N4OS/c1-4-7-16-13-28-30(3)21(16)18-11-20(32-14(18)2)22(31)29-17(12-27)10-15-8-5-6-9-19(15)23(24,25)26/h5-6,8-9,11,13,17H,4,7,10,12,27H2,1-3H3,(H,29,31)/t17-/m0/s1. The van der Waals surface area contributed by atoms with E-state index in [-0.39, 0.29) is 24.4 Å². The molecule has 0 aliphatic carbocycles. The topological polar surface area (TPSA) is 72.9 Å². The van der Waals surface area contributed by atoms with Gasteiger partial charge in [-0.3, -0.25) is 9.48 Å². The van der Waals surface area contributed by atoms with Crippen molar-refractivity contribution in [3.8, 4) is 11.3 Å². The van der Waals surface area contributed by atoms with Crippen LogP contribution < -0.4 is 11.1 Å². The second-order valence-corrected chi connectivity index (χ2v) is 8.99. The van der Waals surface area contributed by atoms with Gasteiger partial charge in [-0.1, -0.05) is 31.5 Å². The van der Waals surface area contributed by atoms with Crippen molar-refractivity contribution in [1.29, 1.82) is 0 Å². The predicted molar refractivity (Wildman–Crippen MR) is 121 cm³/mol. The smallest absolute Gasteiger partial charge is 0.347 e. The Morgan fingerprint density at radius 2 is 2.00 bits per heavy atom. The number of alkyl halides is 3. The Balaban J connectivity index is 1.81. The SMILES string of the molecule is CCCc1cnn(C)c1-c1cc(C(=O)N[C@H](CN)Cc2ccccc2C(F)(F)F)sc1C. The molecule has 1 atom stereocenters. The van der Waals surface area contributed by atoms with E-state index in [1.54, 1.807) is 10.7 Å². The van der Waals surface area contributed by atoms with Crippen molar-refractivity contribution in [2.75, 3.05) is 6.54 Å². The minimum atomic E-state index is -4.46. The largest absolute Gasteiger partial charge is 0.416 e. The van der Waals surface area contributed by atoms with E-state index >= 15 is 0 Å². The van der Waals surface area contributed by atoms with Crippen LogP contribution in [0.15, 0.2) is 36.5 Å². The number of nitrogens with two attached hydrogens (primary N) is 1. The van der Waals surface area contributed by atoms with Crippen molar-refractivity contribution in [2.24, 2.45) is 12.8 Å². The summed E-state index contributed by atoms with van der Waals surface area (Å²) in [4.78, 5) is 14.4. The van der Waals surface area contributed by atoms with Crippen LogP contribution in [0.2, 0.25) is 0 Å². The van der Waals surface area contributed by atoms with Gasteiger partial charge >= 0.3 is 6.18 Å². The monoisotopic (exact) mass is 464 g/mol. The molecule has 0 unspecified atom stereocenters. The first-order chi connectivity index (χ1) is 15.2. The van der Waals surface area contributed by atoms with Crippen LogP contribution >= 0.6 is 11.3 Å². The summed E-state index contributed by atoms with van der Waals surface area (Å²) in [6.07, 6.45) is -0.755. The first-order valence-corrected chi connectivity index (χ1v) is 11.2. The molecule has 1 aromatic carbocycles. The molecule has 32 heavy (non-hydrogen) atoms. The lowest BCUT2D eigenvalue weighted by Crippen LogP contribution is -2.41. The number of nitrogens with zero attached hydrogens (tertiary/aromatic N) is 2. The van der Waals surface area contributed by atoms with Crippen LogP contribution in [-0.2, 0) is 26.1 Å². The number of hydrogen-bond acceptors (Lipinski definition) is 4. The first kappa shape index (κ1) is 24.0. The van der Waals surface area contributed by atoms with Crippen molar-refractivity contribution in [2.45, 2.75) is 45.3 Å². The van der Waals surface area contributed by atoms with Gasteiger partial charge in [0, 0.05) is 30.1 Å². The lowest BCUT2D eigenvalue weighted by molar-refractivity contribution is -0.138. The number of carbonyl (C=O) groups excluding carboxylic acids is 1. The number of aryl methyl sites for hydroxylation is 3. The summed E-state index contributed by atoms with van der Waals surface area (Å²) in [6, 6.07) is 6.57. The molecule has 3 N–H and O–H groups in total. The van der Waals surface area contributed by atoms with Crippen molar-refractivity contribution < 1.29 is 18.0 Å². The fraction of sp³-hybridized carbons (Fsp3) is 0.391. The lowest BCUT2D eigenvalue weighted by atomic mass is 9.99. The predicted octanol–water partition coefficient (Wildman–Crippen LogP) is 4.73. The number of nitrogens with one attached hydrogen (secondary N) is 1. The van der Waals surface area contributed by atoms with Crippen molar-refractivity contribution in [1.82, 2.24) is 15.1 Å². The fourth-order valence-corrected chi connectivity index (χ4v) is 4.73. The second-order valence-electron chi connectivity index (χ2n) is 7.74. The normalized spacial score (nSPS) is 12.7. The molecule has 3 aromatic rings. The molecule has 0 bridgehead atoms. The number of hydrogen-bond donors (Lipinski definition) is 2.